The summed E-state index contributed by atoms with van der Waals surface area (Å²) in [6, 6.07) is 14.8. The van der Waals surface area contributed by atoms with E-state index in [-0.39, 0.29) is 5.91 Å². The molecular formula is C21H21NO5. The lowest BCUT2D eigenvalue weighted by Gasteiger charge is -2.30. The summed E-state index contributed by atoms with van der Waals surface area (Å²) in [5.41, 5.74) is 1.49. The van der Waals surface area contributed by atoms with E-state index in [2.05, 4.69) is 0 Å². The number of morpholine rings is 1. The van der Waals surface area contributed by atoms with Crippen LogP contribution in [0.25, 0.3) is 0 Å². The smallest absolute Gasteiger partial charge is 0.318 e. The van der Waals surface area contributed by atoms with Gasteiger partial charge in [0, 0.05) is 24.2 Å². The molecule has 0 spiro atoms. The SMILES string of the molecule is CC(OC(=O)C1c2ccccc2Oc2ccccc21)C(=O)N1CCOCC1. The fraction of sp³-hybridized carbons (Fsp3) is 0.333. The van der Waals surface area contributed by atoms with Crippen molar-refractivity contribution in [3.05, 3.63) is 59.7 Å². The zero-order valence-corrected chi connectivity index (χ0v) is 15.1. The first-order valence-electron chi connectivity index (χ1n) is 9.08. The van der Waals surface area contributed by atoms with Crippen LogP contribution >= 0.6 is 0 Å². The van der Waals surface area contributed by atoms with Crippen molar-refractivity contribution >= 4 is 11.9 Å². The lowest BCUT2D eigenvalue weighted by atomic mass is 9.88. The van der Waals surface area contributed by atoms with Crippen molar-refractivity contribution in [3.63, 3.8) is 0 Å². The van der Waals surface area contributed by atoms with Crippen molar-refractivity contribution in [2.75, 3.05) is 26.3 Å². The van der Waals surface area contributed by atoms with E-state index in [0.717, 1.165) is 11.1 Å². The van der Waals surface area contributed by atoms with Gasteiger partial charge in [0.1, 0.15) is 17.4 Å². The molecule has 0 radical (unpaired) electrons. The number of benzene rings is 2. The molecule has 2 heterocycles. The number of para-hydroxylation sites is 2. The van der Waals surface area contributed by atoms with Crippen LogP contribution in [0, 0.1) is 0 Å². The molecule has 0 aromatic heterocycles. The second-order valence-corrected chi connectivity index (χ2v) is 6.63. The summed E-state index contributed by atoms with van der Waals surface area (Å²) in [7, 11) is 0. The van der Waals surface area contributed by atoms with Crippen molar-refractivity contribution in [3.8, 4) is 11.5 Å². The molecule has 0 bridgehead atoms. The normalized spacial score (nSPS) is 17.3. The molecule has 1 atom stereocenters. The second-order valence-electron chi connectivity index (χ2n) is 6.63. The second kappa shape index (κ2) is 7.40. The highest BCUT2D eigenvalue weighted by atomic mass is 16.5. The number of carbonyl (C=O) groups is 2. The molecule has 6 heteroatoms. The Hall–Kier alpha value is -2.86. The van der Waals surface area contributed by atoms with Crippen molar-refractivity contribution in [1.29, 1.82) is 0 Å². The van der Waals surface area contributed by atoms with Gasteiger partial charge in [0.2, 0.25) is 0 Å². The Morgan fingerprint density at radius 3 is 2.15 bits per heavy atom. The number of esters is 1. The number of nitrogens with zero attached hydrogens (tertiary/aromatic N) is 1. The average molecular weight is 367 g/mol. The number of rotatable bonds is 3. The quantitative estimate of drug-likeness (QED) is 0.781. The van der Waals surface area contributed by atoms with Gasteiger partial charge in [0.05, 0.1) is 13.2 Å². The van der Waals surface area contributed by atoms with Gasteiger partial charge in [-0.15, -0.1) is 0 Å². The predicted molar refractivity (Wildman–Crippen MR) is 97.8 cm³/mol. The molecule has 2 aliphatic heterocycles. The Bertz CT molecular complexity index is 814. The number of hydrogen-bond donors (Lipinski definition) is 0. The molecule has 0 aliphatic carbocycles. The number of fused-ring (bicyclic) bond motifs is 2. The zero-order chi connectivity index (χ0) is 18.8. The summed E-state index contributed by atoms with van der Waals surface area (Å²) in [5, 5.41) is 0. The number of amides is 1. The van der Waals surface area contributed by atoms with E-state index in [1.165, 1.54) is 0 Å². The summed E-state index contributed by atoms with van der Waals surface area (Å²) in [6.45, 7) is 3.67. The van der Waals surface area contributed by atoms with Gasteiger partial charge in [0.25, 0.3) is 5.91 Å². The van der Waals surface area contributed by atoms with E-state index in [9.17, 15) is 9.59 Å². The van der Waals surface area contributed by atoms with E-state index >= 15 is 0 Å². The summed E-state index contributed by atoms with van der Waals surface area (Å²) < 4.78 is 16.8. The highest BCUT2D eigenvalue weighted by molar-refractivity contribution is 5.89. The Morgan fingerprint density at radius 2 is 1.56 bits per heavy atom. The summed E-state index contributed by atoms with van der Waals surface area (Å²) in [6.07, 6.45) is -0.849. The topological polar surface area (TPSA) is 65.1 Å². The van der Waals surface area contributed by atoms with Gasteiger partial charge in [-0.1, -0.05) is 36.4 Å². The minimum absolute atomic E-state index is 0.194. The van der Waals surface area contributed by atoms with E-state index < -0.39 is 18.0 Å². The van der Waals surface area contributed by atoms with Gasteiger partial charge < -0.3 is 19.1 Å². The van der Waals surface area contributed by atoms with E-state index in [1.807, 2.05) is 48.5 Å². The van der Waals surface area contributed by atoms with Crippen molar-refractivity contribution in [2.45, 2.75) is 18.9 Å². The molecule has 1 fully saturated rings. The third-order valence-electron chi connectivity index (χ3n) is 4.88. The molecule has 27 heavy (non-hydrogen) atoms. The molecule has 2 aromatic rings. The molecule has 0 N–H and O–H groups in total. The molecular weight excluding hydrogens is 346 g/mol. The standard InChI is InChI=1S/C21H21NO5/c1-14(20(23)22-10-12-25-13-11-22)26-21(24)19-15-6-2-4-8-17(15)27-18-9-5-3-7-16(18)19/h2-9,14,19H,10-13H2,1H3. The van der Waals surface area contributed by atoms with Crippen LogP contribution in [-0.4, -0.2) is 49.2 Å². The van der Waals surface area contributed by atoms with Crippen LogP contribution in [0.3, 0.4) is 0 Å². The predicted octanol–water partition coefficient (Wildman–Crippen LogP) is 2.71. The molecule has 2 aromatic carbocycles. The molecule has 1 unspecified atom stereocenters. The minimum Gasteiger partial charge on any atom is -0.457 e. The number of ether oxygens (including phenoxy) is 3. The van der Waals surface area contributed by atoms with Crippen LogP contribution in [0.15, 0.2) is 48.5 Å². The fourth-order valence-electron chi connectivity index (χ4n) is 3.50. The van der Waals surface area contributed by atoms with E-state index in [4.69, 9.17) is 14.2 Å². The number of carbonyl (C=O) groups excluding carboxylic acids is 2. The van der Waals surface area contributed by atoms with Gasteiger partial charge >= 0.3 is 5.97 Å². The van der Waals surface area contributed by atoms with E-state index in [1.54, 1.807) is 11.8 Å². The first-order valence-corrected chi connectivity index (χ1v) is 9.08. The maximum atomic E-state index is 13.0. The first kappa shape index (κ1) is 17.5. The summed E-state index contributed by atoms with van der Waals surface area (Å²) >= 11 is 0. The molecule has 140 valence electrons. The van der Waals surface area contributed by atoms with Crippen LogP contribution in [0.5, 0.6) is 11.5 Å². The van der Waals surface area contributed by atoms with Gasteiger partial charge in [-0.2, -0.15) is 0 Å². The Balaban J connectivity index is 1.57. The molecule has 4 rings (SSSR count). The Morgan fingerprint density at radius 1 is 1.00 bits per heavy atom. The third kappa shape index (κ3) is 3.40. The summed E-state index contributed by atoms with van der Waals surface area (Å²) in [4.78, 5) is 27.3. The van der Waals surface area contributed by atoms with E-state index in [0.29, 0.717) is 37.8 Å². The highest BCUT2D eigenvalue weighted by Crippen LogP contribution is 2.44. The zero-order valence-electron chi connectivity index (χ0n) is 15.1. The Labute approximate surface area is 157 Å². The molecule has 1 saturated heterocycles. The van der Waals surface area contributed by atoms with Crippen LogP contribution in [0.4, 0.5) is 0 Å². The Kier molecular flexibility index (Phi) is 4.81. The maximum Gasteiger partial charge on any atom is 0.318 e. The fourth-order valence-corrected chi connectivity index (χ4v) is 3.50. The van der Waals surface area contributed by atoms with Crippen molar-refractivity contribution < 1.29 is 23.8 Å². The first-order chi connectivity index (χ1) is 13.1. The van der Waals surface area contributed by atoms with Crippen LogP contribution in [-0.2, 0) is 19.1 Å². The highest BCUT2D eigenvalue weighted by Gasteiger charge is 2.36. The average Bonchev–Trinajstić information content (AvgIpc) is 2.71. The lowest BCUT2D eigenvalue weighted by Crippen LogP contribution is -2.46. The van der Waals surface area contributed by atoms with Gasteiger partial charge in [0.15, 0.2) is 6.10 Å². The van der Waals surface area contributed by atoms with Crippen LogP contribution < -0.4 is 4.74 Å². The molecule has 6 nitrogen and oxygen atoms in total. The van der Waals surface area contributed by atoms with Gasteiger partial charge in [-0.3, -0.25) is 9.59 Å². The molecule has 2 aliphatic rings. The van der Waals surface area contributed by atoms with Gasteiger partial charge in [-0.25, -0.2) is 0 Å². The number of hydrogen-bond acceptors (Lipinski definition) is 5. The maximum absolute atomic E-state index is 13.0. The lowest BCUT2D eigenvalue weighted by molar-refractivity contribution is -0.161. The molecule has 0 saturated carbocycles. The monoisotopic (exact) mass is 367 g/mol. The minimum atomic E-state index is -0.849. The third-order valence-corrected chi connectivity index (χ3v) is 4.88. The molecule has 1 amide bonds. The van der Waals surface area contributed by atoms with Crippen LogP contribution in [0.1, 0.15) is 24.0 Å². The van der Waals surface area contributed by atoms with Crippen LogP contribution in [0.2, 0.25) is 0 Å². The summed E-state index contributed by atoms with van der Waals surface area (Å²) in [5.74, 6) is -0.00528. The van der Waals surface area contributed by atoms with Gasteiger partial charge in [-0.05, 0) is 19.1 Å². The largest absolute Gasteiger partial charge is 0.457 e. The van der Waals surface area contributed by atoms with Crippen molar-refractivity contribution in [2.24, 2.45) is 0 Å². The van der Waals surface area contributed by atoms with Crippen molar-refractivity contribution in [1.82, 2.24) is 4.90 Å².